The summed E-state index contributed by atoms with van der Waals surface area (Å²) in [5, 5.41) is 0. The van der Waals surface area contributed by atoms with E-state index in [1.54, 1.807) is 13.8 Å². The van der Waals surface area contributed by atoms with E-state index in [1.807, 2.05) is 0 Å². The summed E-state index contributed by atoms with van der Waals surface area (Å²) in [6.07, 6.45) is 5.11. The molecule has 3 aliphatic carbocycles. The maximum atomic E-state index is 12.6. The third-order valence-corrected chi connectivity index (χ3v) is 5.24. The number of allylic oxidation sites excluding steroid dienone is 2. The van der Waals surface area contributed by atoms with Crippen molar-refractivity contribution in [2.24, 2.45) is 17.8 Å². The van der Waals surface area contributed by atoms with Gasteiger partial charge in [-0.05, 0) is 32.1 Å². The molecule has 4 rings (SSSR count). The van der Waals surface area contributed by atoms with E-state index in [9.17, 15) is 14.4 Å². The third kappa shape index (κ3) is 1.51. The molecule has 5 nitrogen and oxygen atoms in total. The van der Waals surface area contributed by atoms with Crippen molar-refractivity contribution in [3.05, 3.63) is 34.7 Å². The Kier molecular flexibility index (Phi) is 2.71. The number of carbonyl (C=O) groups is 3. The van der Waals surface area contributed by atoms with Gasteiger partial charge in [0, 0.05) is 23.2 Å². The Balaban J connectivity index is 1.90. The Morgan fingerprint density at radius 1 is 1.27 bits per heavy atom. The van der Waals surface area contributed by atoms with Gasteiger partial charge in [-0.2, -0.15) is 0 Å². The number of rotatable bonds is 2. The van der Waals surface area contributed by atoms with Crippen LogP contribution in [0.15, 0.2) is 12.2 Å². The number of H-pyrrole nitrogens is 1. The molecule has 5 heteroatoms. The van der Waals surface area contributed by atoms with E-state index in [-0.39, 0.29) is 47.2 Å². The third-order valence-electron chi connectivity index (χ3n) is 5.24. The van der Waals surface area contributed by atoms with Gasteiger partial charge in [0.2, 0.25) is 11.6 Å². The maximum absolute atomic E-state index is 12.6. The van der Waals surface area contributed by atoms with Gasteiger partial charge in [0.25, 0.3) is 0 Å². The van der Waals surface area contributed by atoms with E-state index >= 15 is 0 Å². The zero-order valence-electron chi connectivity index (χ0n) is 12.5. The minimum absolute atomic E-state index is 0.00271. The summed E-state index contributed by atoms with van der Waals surface area (Å²) in [7, 11) is 0. The smallest absolute Gasteiger partial charge is 0.340 e. The van der Waals surface area contributed by atoms with Crippen LogP contribution >= 0.6 is 0 Å². The molecule has 3 aliphatic rings. The van der Waals surface area contributed by atoms with Crippen LogP contribution in [-0.2, 0) is 9.53 Å². The molecule has 1 fully saturated rings. The number of carbonyl (C=O) groups excluding carboxylic acids is 3. The number of esters is 1. The van der Waals surface area contributed by atoms with Gasteiger partial charge >= 0.3 is 5.97 Å². The molecule has 0 saturated heterocycles. The average molecular weight is 299 g/mol. The van der Waals surface area contributed by atoms with E-state index in [1.165, 1.54) is 0 Å². The summed E-state index contributed by atoms with van der Waals surface area (Å²) in [6.45, 7) is 3.70. The fourth-order valence-corrected chi connectivity index (χ4v) is 4.44. The van der Waals surface area contributed by atoms with E-state index in [2.05, 4.69) is 17.1 Å². The number of hydrogen-bond acceptors (Lipinski definition) is 4. The highest BCUT2D eigenvalue weighted by Gasteiger charge is 2.55. The number of Topliss-reactive ketones (excluding diaryl/α,β-unsaturated/α-hetero) is 2. The van der Waals surface area contributed by atoms with Crippen LogP contribution in [0, 0.1) is 24.7 Å². The topological polar surface area (TPSA) is 76.2 Å². The first-order valence-electron chi connectivity index (χ1n) is 7.71. The molecule has 0 spiro atoms. The zero-order valence-corrected chi connectivity index (χ0v) is 12.5. The van der Waals surface area contributed by atoms with Crippen molar-refractivity contribution in [2.45, 2.75) is 26.2 Å². The van der Waals surface area contributed by atoms with E-state index in [4.69, 9.17) is 4.74 Å². The van der Waals surface area contributed by atoms with Crippen molar-refractivity contribution in [1.29, 1.82) is 0 Å². The molecule has 1 heterocycles. The standard InChI is InChI=1S/C17H17NO4/c1-3-22-17(21)10-7(2)18-14-11-8-4-5-9(6-8)12(11)15(19)16(20)13(10)14/h4-5,8-9,11-12,18H,3,6H2,1-2H3/t8-,9+,11-,12+/m0/s1. The number of fused-ring (bicyclic) bond motifs is 7. The fourth-order valence-electron chi connectivity index (χ4n) is 4.44. The minimum atomic E-state index is -0.537. The van der Waals surface area contributed by atoms with Crippen LogP contribution in [0.2, 0.25) is 0 Å². The Morgan fingerprint density at radius 3 is 2.64 bits per heavy atom. The van der Waals surface area contributed by atoms with Crippen molar-refractivity contribution in [3.8, 4) is 0 Å². The van der Waals surface area contributed by atoms with E-state index in [0.29, 0.717) is 5.69 Å². The molecule has 1 saturated carbocycles. The molecular formula is C17H17NO4. The lowest BCUT2D eigenvalue weighted by Gasteiger charge is -2.30. The van der Waals surface area contributed by atoms with Crippen LogP contribution in [0.1, 0.15) is 51.4 Å². The Morgan fingerprint density at radius 2 is 1.95 bits per heavy atom. The lowest BCUT2D eigenvalue weighted by molar-refractivity contribution is -0.120. The van der Waals surface area contributed by atoms with Gasteiger partial charge in [0.1, 0.15) is 0 Å². The zero-order chi connectivity index (χ0) is 15.6. The summed E-state index contributed by atoms with van der Waals surface area (Å²) >= 11 is 0. The lowest BCUT2D eigenvalue weighted by atomic mass is 9.71. The first-order chi connectivity index (χ1) is 10.5. The van der Waals surface area contributed by atoms with Gasteiger partial charge in [0.15, 0.2) is 0 Å². The summed E-state index contributed by atoms with van der Waals surface area (Å²) < 4.78 is 5.05. The van der Waals surface area contributed by atoms with Crippen molar-refractivity contribution in [3.63, 3.8) is 0 Å². The highest BCUT2D eigenvalue weighted by atomic mass is 16.5. The molecule has 0 aromatic carbocycles. The number of aromatic nitrogens is 1. The van der Waals surface area contributed by atoms with Gasteiger partial charge in [-0.3, -0.25) is 9.59 Å². The monoisotopic (exact) mass is 299 g/mol. The predicted octanol–water partition coefficient (Wildman–Crippen LogP) is 2.17. The maximum Gasteiger partial charge on any atom is 0.340 e. The number of nitrogens with one attached hydrogen (secondary N) is 1. The SMILES string of the molecule is CCOC(=O)c1c(C)[nH]c2c1C(=O)C(=O)[C@H]1[C@@H]2[C@H]2C=C[C@@H]1C2. The van der Waals surface area contributed by atoms with Gasteiger partial charge in [0.05, 0.1) is 17.7 Å². The summed E-state index contributed by atoms with van der Waals surface area (Å²) in [4.78, 5) is 40.5. The van der Waals surface area contributed by atoms with Crippen LogP contribution in [0.3, 0.4) is 0 Å². The average Bonchev–Trinajstić information content (AvgIpc) is 3.16. The molecule has 1 aromatic rings. The molecule has 2 bridgehead atoms. The molecule has 114 valence electrons. The molecule has 4 atom stereocenters. The second-order valence-corrected chi connectivity index (χ2v) is 6.33. The highest BCUT2D eigenvalue weighted by molar-refractivity contribution is 6.47. The van der Waals surface area contributed by atoms with Gasteiger partial charge in [-0.1, -0.05) is 12.2 Å². The van der Waals surface area contributed by atoms with E-state index in [0.717, 1.165) is 12.1 Å². The second-order valence-electron chi connectivity index (χ2n) is 6.33. The van der Waals surface area contributed by atoms with Gasteiger partial charge < -0.3 is 9.72 Å². The van der Waals surface area contributed by atoms with Crippen LogP contribution in [0.4, 0.5) is 0 Å². The number of hydrogen-bond donors (Lipinski definition) is 1. The number of ketones is 2. The summed E-state index contributed by atoms with van der Waals surface area (Å²) in [6, 6.07) is 0. The number of aromatic amines is 1. The van der Waals surface area contributed by atoms with Gasteiger partial charge in [-0.25, -0.2) is 4.79 Å². The van der Waals surface area contributed by atoms with Crippen molar-refractivity contribution >= 4 is 17.5 Å². The molecule has 0 radical (unpaired) electrons. The molecule has 0 unspecified atom stereocenters. The van der Waals surface area contributed by atoms with Crippen LogP contribution < -0.4 is 0 Å². The second kappa shape index (κ2) is 4.41. The van der Waals surface area contributed by atoms with Crippen molar-refractivity contribution in [1.82, 2.24) is 4.98 Å². The lowest BCUT2D eigenvalue weighted by Crippen LogP contribution is -2.38. The van der Waals surface area contributed by atoms with Crippen LogP contribution in [0.25, 0.3) is 0 Å². The Hall–Kier alpha value is -2.17. The van der Waals surface area contributed by atoms with Crippen LogP contribution in [0.5, 0.6) is 0 Å². The van der Waals surface area contributed by atoms with E-state index < -0.39 is 11.8 Å². The highest BCUT2D eigenvalue weighted by Crippen LogP contribution is 2.56. The van der Waals surface area contributed by atoms with Crippen molar-refractivity contribution in [2.75, 3.05) is 6.61 Å². The number of aryl methyl sites for hydroxylation is 1. The van der Waals surface area contributed by atoms with Crippen molar-refractivity contribution < 1.29 is 19.1 Å². The Bertz CT molecular complexity index is 742. The minimum Gasteiger partial charge on any atom is -0.462 e. The molecule has 0 amide bonds. The normalized spacial score (nSPS) is 31.4. The van der Waals surface area contributed by atoms with Gasteiger partial charge in [-0.15, -0.1) is 0 Å². The first-order valence-corrected chi connectivity index (χ1v) is 7.71. The summed E-state index contributed by atoms with van der Waals surface area (Å²) in [5.74, 6) is -1.24. The number of ether oxygens (including phenoxy) is 1. The van der Waals surface area contributed by atoms with Crippen LogP contribution in [-0.4, -0.2) is 29.1 Å². The molecule has 22 heavy (non-hydrogen) atoms. The first kappa shape index (κ1) is 13.5. The fraction of sp³-hybridized carbons (Fsp3) is 0.471. The largest absolute Gasteiger partial charge is 0.462 e. The summed E-state index contributed by atoms with van der Waals surface area (Å²) in [5.41, 5.74) is 1.85. The Labute approximate surface area is 127 Å². The predicted molar refractivity (Wildman–Crippen MR) is 77.8 cm³/mol. The molecule has 1 aromatic heterocycles. The molecule has 1 N–H and O–H groups in total. The quantitative estimate of drug-likeness (QED) is 0.516. The molecule has 0 aliphatic heterocycles. The molecular weight excluding hydrogens is 282 g/mol.